The summed E-state index contributed by atoms with van der Waals surface area (Å²) in [5.74, 6) is 0.0641. The number of hydrogen-bond acceptors (Lipinski definition) is 4. The normalized spacial score (nSPS) is 20.7. The molecule has 1 heterocycles. The summed E-state index contributed by atoms with van der Waals surface area (Å²) in [5, 5.41) is 3.16. The first kappa shape index (κ1) is 22.2. The van der Waals surface area contributed by atoms with E-state index >= 15 is 0 Å². The van der Waals surface area contributed by atoms with Crippen molar-refractivity contribution in [3.63, 3.8) is 0 Å². The molecule has 29 heavy (non-hydrogen) atoms. The molecule has 1 aromatic carbocycles. The summed E-state index contributed by atoms with van der Waals surface area (Å²) in [5.41, 5.74) is 3.67. The third-order valence-corrected chi connectivity index (χ3v) is 8.97. The second kappa shape index (κ2) is 8.74. The number of benzene rings is 1. The van der Waals surface area contributed by atoms with Crippen molar-refractivity contribution in [2.24, 2.45) is 0 Å². The van der Waals surface area contributed by atoms with Gasteiger partial charge in [-0.05, 0) is 69.7 Å². The van der Waals surface area contributed by atoms with Crippen molar-refractivity contribution in [1.82, 2.24) is 14.5 Å². The first-order chi connectivity index (χ1) is 13.6. The highest BCUT2D eigenvalue weighted by Crippen LogP contribution is 2.29. The molecule has 0 spiro atoms. The number of carbonyl (C=O) groups is 1. The fraction of sp³-hybridized carbons (Fsp3) is 0.682. The fourth-order valence-corrected chi connectivity index (χ4v) is 6.58. The zero-order chi connectivity index (χ0) is 21.3. The second-order valence-corrected chi connectivity index (χ2v) is 10.6. The van der Waals surface area contributed by atoms with Crippen LogP contribution in [-0.4, -0.2) is 61.8 Å². The molecule has 1 saturated heterocycles. The predicted octanol–water partition coefficient (Wildman–Crippen LogP) is 2.67. The Morgan fingerprint density at radius 3 is 2.03 bits per heavy atom. The van der Waals surface area contributed by atoms with Gasteiger partial charge in [0, 0.05) is 32.2 Å². The Balaban J connectivity index is 1.68. The molecule has 1 aliphatic heterocycles. The van der Waals surface area contributed by atoms with Gasteiger partial charge in [-0.1, -0.05) is 18.9 Å². The lowest BCUT2D eigenvalue weighted by molar-refractivity contribution is -0.127. The van der Waals surface area contributed by atoms with Gasteiger partial charge in [-0.2, -0.15) is 4.31 Å². The molecule has 6 nitrogen and oxygen atoms in total. The van der Waals surface area contributed by atoms with Gasteiger partial charge < -0.3 is 5.32 Å². The average Bonchev–Trinajstić information content (AvgIpc) is 3.19. The summed E-state index contributed by atoms with van der Waals surface area (Å²) in [4.78, 5) is 15.1. The molecule has 1 saturated carbocycles. The Morgan fingerprint density at radius 1 is 1.00 bits per heavy atom. The molecule has 1 aliphatic carbocycles. The summed E-state index contributed by atoms with van der Waals surface area (Å²) < 4.78 is 28.4. The maximum absolute atomic E-state index is 13.4. The Morgan fingerprint density at radius 2 is 1.52 bits per heavy atom. The number of nitrogens with one attached hydrogen (secondary N) is 1. The number of piperazine rings is 1. The van der Waals surface area contributed by atoms with Crippen molar-refractivity contribution in [3.05, 3.63) is 28.3 Å². The largest absolute Gasteiger partial charge is 0.352 e. The van der Waals surface area contributed by atoms with E-state index < -0.39 is 10.0 Å². The van der Waals surface area contributed by atoms with E-state index in [1.54, 1.807) is 4.31 Å². The number of nitrogens with zero attached hydrogens (tertiary/aromatic N) is 2. The predicted molar refractivity (Wildman–Crippen MR) is 116 cm³/mol. The highest BCUT2D eigenvalue weighted by molar-refractivity contribution is 7.89. The third kappa shape index (κ3) is 4.52. The topological polar surface area (TPSA) is 69.7 Å². The Hall–Kier alpha value is -1.44. The van der Waals surface area contributed by atoms with Gasteiger partial charge in [-0.15, -0.1) is 0 Å². The van der Waals surface area contributed by atoms with Crippen LogP contribution in [0.15, 0.2) is 11.0 Å². The Labute approximate surface area is 175 Å². The molecule has 1 aromatic rings. The van der Waals surface area contributed by atoms with Crippen LogP contribution in [0.1, 0.15) is 54.9 Å². The Bertz CT molecular complexity index is 842. The highest BCUT2D eigenvalue weighted by Gasteiger charge is 2.34. The number of carbonyl (C=O) groups excluding carboxylic acids is 1. The molecule has 1 amide bonds. The first-order valence-electron chi connectivity index (χ1n) is 10.7. The molecule has 2 aliphatic rings. The lowest BCUT2D eigenvalue weighted by Gasteiger charge is -2.37. The number of aryl methyl sites for hydroxylation is 2. The standard InChI is InChI=1S/C22H35N3O3S/c1-15-14-16(2)18(4)21(17(15)3)29(27,28)25-12-10-24(11-13-25)19(5)22(26)23-20-8-6-7-9-20/h14,19-20H,6-13H2,1-5H3,(H,23,26)/t19-/m0/s1. The molecule has 7 heteroatoms. The Kier molecular flexibility index (Phi) is 6.70. The van der Waals surface area contributed by atoms with Gasteiger partial charge in [0.15, 0.2) is 0 Å². The fourth-order valence-electron chi connectivity index (χ4n) is 4.59. The van der Waals surface area contributed by atoms with Crippen LogP contribution < -0.4 is 5.32 Å². The van der Waals surface area contributed by atoms with Crippen LogP contribution in [0.3, 0.4) is 0 Å². The summed E-state index contributed by atoms with van der Waals surface area (Å²) in [6, 6.07) is 2.12. The molecule has 0 bridgehead atoms. The minimum Gasteiger partial charge on any atom is -0.352 e. The molecule has 0 radical (unpaired) electrons. The summed E-state index contributed by atoms with van der Waals surface area (Å²) in [6.45, 7) is 11.6. The minimum atomic E-state index is -3.55. The van der Waals surface area contributed by atoms with Crippen molar-refractivity contribution in [2.45, 2.75) is 77.3 Å². The average molecular weight is 422 g/mol. The van der Waals surface area contributed by atoms with E-state index in [9.17, 15) is 13.2 Å². The van der Waals surface area contributed by atoms with Crippen molar-refractivity contribution in [2.75, 3.05) is 26.2 Å². The van der Waals surface area contributed by atoms with E-state index in [-0.39, 0.29) is 11.9 Å². The number of sulfonamides is 1. The van der Waals surface area contributed by atoms with E-state index in [1.807, 2.05) is 40.7 Å². The maximum atomic E-state index is 13.4. The molecule has 0 aromatic heterocycles. The number of hydrogen-bond donors (Lipinski definition) is 1. The van der Waals surface area contributed by atoms with Crippen LogP contribution in [0.4, 0.5) is 0 Å². The highest BCUT2D eigenvalue weighted by atomic mass is 32.2. The van der Waals surface area contributed by atoms with Crippen molar-refractivity contribution in [3.8, 4) is 0 Å². The second-order valence-electron chi connectivity index (χ2n) is 8.70. The molecule has 162 valence electrons. The zero-order valence-corrected chi connectivity index (χ0v) is 19.2. The van der Waals surface area contributed by atoms with E-state index in [4.69, 9.17) is 0 Å². The zero-order valence-electron chi connectivity index (χ0n) is 18.4. The van der Waals surface area contributed by atoms with Gasteiger partial charge in [-0.3, -0.25) is 9.69 Å². The van der Waals surface area contributed by atoms with Crippen molar-refractivity contribution < 1.29 is 13.2 Å². The van der Waals surface area contributed by atoms with Crippen LogP contribution in [0.5, 0.6) is 0 Å². The third-order valence-electron chi connectivity index (χ3n) is 6.80. The summed E-state index contributed by atoms with van der Waals surface area (Å²) in [7, 11) is -3.55. The SMILES string of the molecule is Cc1cc(C)c(C)c(S(=O)(=O)N2CCN([C@@H](C)C(=O)NC3CCCC3)CC2)c1C. The molecule has 1 N–H and O–H groups in total. The number of amides is 1. The van der Waals surface area contributed by atoms with Crippen LogP contribution >= 0.6 is 0 Å². The van der Waals surface area contributed by atoms with Gasteiger partial charge in [0.2, 0.25) is 15.9 Å². The quantitative estimate of drug-likeness (QED) is 0.794. The molecule has 0 unspecified atom stereocenters. The summed E-state index contributed by atoms with van der Waals surface area (Å²) >= 11 is 0. The molecule has 2 fully saturated rings. The molecular weight excluding hydrogens is 386 g/mol. The van der Waals surface area contributed by atoms with E-state index in [1.165, 1.54) is 12.8 Å². The van der Waals surface area contributed by atoms with Crippen molar-refractivity contribution >= 4 is 15.9 Å². The van der Waals surface area contributed by atoms with Gasteiger partial charge in [-0.25, -0.2) is 8.42 Å². The van der Waals surface area contributed by atoms with Crippen LogP contribution in [0.25, 0.3) is 0 Å². The monoisotopic (exact) mass is 421 g/mol. The van der Waals surface area contributed by atoms with Gasteiger partial charge in [0.25, 0.3) is 0 Å². The van der Waals surface area contributed by atoms with E-state index in [2.05, 4.69) is 10.2 Å². The summed E-state index contributed by atoms with van der Waals surface area (Å²) in [6.07, 6.45) is 4.51. The first-order valence-corrected chi connectivity index (χ1v) is 12.2. The smallest absolute Gasteiger partial charge is 0.243 e. The van der Waals surface area contributed by atoms with Gasteiger partial charge in [0.1, 0.15) is 0 Å². The van der Waals surface area contributed by atoms with E-state index in [0.29, 0.717) is 37.1 Å². The molecular formula is C22H35N3O3S. The van der Waals surface area contributed by atoms with Crippen LogP contribution in [0.2, 0.25) is 0 Å². The van der Waals surface area contributed by atoms with E-state index in [0.717, 1.165) is 35.1 Å². The maximum Gasteiger partial charge on any atom is 0.243 e. The lowest BCUT2D eigenvalue weighted by Crippen LogP contribution is -2.55. The minimum absolute atomic E-state index is 0.0641. The van der Waals surface area contributed by atoms with Gasteiger partial charge >= 0.3 is 0 Å². The van der Waals surface area contributed by atoms with Crippen LogP contribution in [-0.2, 0) is 14.8 Å². The van der Waals surface area contributed by atoms with Gasteiger partial charge in [0.05, 0.1) is 10.9 Å². The molecule has 1 atom stereocenters. The lowest BCUT2D eigenvalue weighted by atomic mass is 10.0. The van der Waals surface area contributed by atoms with Crippen molar-refractivity contribution in [1.29, 1.82) is 0 Å². The number of rotatable bonds is 5. The van der Waals surface area contributed by atoms with Crippen LogP contribution in [0, 0.1) is 27.7 Å². The molecule has 3 rings (SSSR count).